The number of alkyl halides is 2. The molecular formula is C22H24F2N4O2S. The molecule has 6 nitrogen and oxygen atoms in total. The van der Waals surface area contributed by atoms with Crippen LogP contribution >= 0.6 is 11.8 Å². The Morgan fingerprint density at radius 1 is 1.16 bits per heavy atom. The van der Waals surface area contributed by atoms with Crippen molar-refractivity contribution in [1.82, 2.24) is 20.1 Å². The molecule has 0 aliphatic heterocycles. The molecule has 3 aromatic rings. The molecule has 0 saturated carbocycles. The van der Waals surface area contributed by atoms with Gasteiger partial charge >= 0.3 is 6.61 Å². The highest BCUT2D eigenvalue weighted by atomic mass is 32.2. The lowest BCUT2D eigenvalue weighted by atomic mass is 10.1. The van der Waals surface area contributed by atoms with Gasteiger partial charge in [-0.05, 0) is 37.5 Å². The maximum absolute atomic E-state index is 12.5. The molecule has 1 N–H and O–H groups in total. The standard InChI is InChI=1S/C22H24F2N4O2S/c1-3-28-20(17-10-6-4-8-15(17)2)26-27-22(28)31-14-19(29)25-13-12-16-9-5-7-11-18(16)30-21(23)24/h4-11,21H,3,12-14H2,1-2H3,(H,25,29). The number of nitrogens with one attached hydrogen (secondary N) is 1. The summed E-state index contributed by atoms with van der Waals surface area (Å²) in [5, 5.41) is 12.0. The minimum Gasteiger partial charge on any atom is -0.435 e. The van der Waals surface area contributed by atoms with Crippen LogP contribution in [0, 0.1) is 6.92 Å². The summed E-state index contributed by atoms with van der Waals surface area (Å²) in [6, 6.07) is 14.5. The van der Waals surface area contributed by atoms with Crippen molar-refractivity contribution < 1.29 is 18.3 Å². The number of hydrogen-bond acceptors (Lipinski definition) is 5. The third kappa shape index (κ3) is 6.04. The number of nitrogens with zero attached hydrogens (tertiary/aromatic N) is 3. The van der Waals surface area contributed by atoms with Crippen LogP contribution in [0.4, 0.5) is 8.78 Å². The van der Waals surface area contributed by atoms with Crippen LogP contribution in [0.15, 0.2) is 53.7 Å². The number of ether oxygens (including phenoxy) is 1. The Bertz CT molecular complexity index is 1030. The fourth-order valence-corrected chi connectivity index (χ4v) is 3.97. The quantitative estimate of drug-likeness (QED) is 0.470. The number of amides is 1. The summed E-state index contributed by atoms with van der Waals surface area (Å²) >= 11 is 1.31. The molecule has 1 heterocycles. The first-order valence-corrected chi connectivity index (χ1v) is 10.9. The fraction of sp³-hybridized carbons (Fsp3) is 0.318. The molecule has 0 radical (unpaired) electrons. The molecule has 0 bridgehead atoms. The van der Waals surface area contributed by atoms with Crippen LogP contribution in [0.3, 0.4) is 0 Å². The number of para-hydroxylation sites is 1. The molecule has 0 spiro atoms. The van der Waals surface area contributed by atoms with E-state index in [1.54, 1.807) is 18.2 Å². The number of carbonyl (C=O) groups excluding carboxylic acids is 1. The molecule has 2 aromatic carbocycles. The SMILES string of the molecule is CCn1c(SCC(=O)NCCc2ccccc2OC(F)F)nnc1-c1ccccc1C. The first-order chi connectivity index (χ1) is 15.0. The highest BCUT2D eigenvalue weighted by Gasteiger charge is 2.16. The molecular weight excluding hydrogens is 422 g/mol. The number of aromatic nitrogens is 3. The lowest BCUT2D eigenvalue weighted by Gasteiger charge is -2.11. The topological polar surface area (TPSA) is 69.0 Å². The molecule has 0 atom stereocenters. The van der Waals surface area contributed by atoms with Crippen molar-refractivity contribution in [2.24, 2.45) is 0 Å². The van der Waals surface area contributed by atoms with E-state index in [2.05, 4.69) is 20.3 Å². The van der Waals surface area contributed by atoms with Crippen molar-refractivity contribution in [3.8, 4) is 17.1 Å². The van der Waals surface area contributed by atoms with Gasteiger partial charge in [0.2, 0.25) is 5.91 Å². The lowest BCUT2D eigenvalue weighted by Crippen LogP contribution is -2.27. The summed E-state index contributed by atoms with van der Waals surface area (Å²) in [7, 11) is 0. The zero-order valence-electron chi connectivity index (χ0n) is 17.3. The van der Waals surface area contributed by atoms with Crippen LogP contribution in [-0.2, 0) is 17.8 Å². The summed E-state index contributed by atoms with van der Waals surface area (Å²) in [5.41, 5.74) is 2.73. The van der Waals surface area contributed by atoms with Gasteiger partial charge in [-0.3, -0.25) is 4.79 Å². The molecule has 0 aliphatic rings. The summed E-state index contributed by atoms with van der Waals surface area (Å²) in [6.07, 6.45) is 0.391. The zero-order valence-corrected chi connectivity index (χ0v) is 18.2. The second-order valence-electron chi connectivity index (χ2n) is 6.74. The first kappa shape index (κ1) is 22.7. The third-order valence-electron chi connectivity index (χ3n) is 4.66. The molecule has 3 rings (SSSR count). The Labute approximate surface area is 184 Å². The summed E-state index contributed by atoms with van der Waals surface area (Å²) in [5.74, 6) is 0.918. The normalized spacial score (nSPS) is 11.0. The Kier molecular flexibility index (Phi) is 8.00. The Morgan fingerprint density at radius 3 is 2.65 bits per heavy atom. The minimum atomic E-state index is -2.88. The van der Waals surface area contributed by atoms with Crippen LogP contribution < -0.4 is 10.1 Å². The van der Waals surface area contributed by atoms with Crippen LogP contribution in [0.2, 0.25) is 0 Å². The number of hydrogen-bond donors (Lipinski definition) is 1. The van der Waals surface area contributed by atoms with Crippen LogP contribution in [0.1, 0.15) is 18.1 Å². The van der Waals surface area contributed by atoms with Gasteiger partial charge in [-0.2, -0.15) is 8.78 Å². The predicted octanol–water partition coefficient (Wildman–Crippen LogP) is 4.33. The smallest absolute Gasteiger partial charge is 0.387 e. The van der Waals surface area contributed by atoms with Crippen molar-refractivity contribution in [3.63, 3.8) is 0 Å². The van der Waals surface area contributed by atoms with E-state index in [0.29, 0.717) is 30.2 Å². The van der Waals surface area contributed by atoms with E-state index < -0.39 is 6.61 Å². The van der Waals surface area contributed by atoms with E-state index in [4.69, 9.17) is 0 Å². The van der Waals surface area contributed by atoms with Gasteiger partial charge < -0.3 is 14.6 Å². The van der Waals surface area contributed by atoms with Crippen molar-refractivity contribution in [3.05, 3.63) is 59.7 Å². The van der Waals surface area contributed by atoms with Gasteiger partial charge in [-0.1, -0.05) is 54.2 Å². The molecule has 9 heteroatoms. The molecule has 0 saturated heterocycles. The zero-order chi connectivity index (χ0) is 22.2. The molecule has 1 amide bonds. The van der Waals surface area contributed by atoms with Gasteiger partial charge in [0, 0.05) is 18.7 Å². The third-order valence-corrected chi connectivity index (χ3v) is 5.62. The van der Waals surface area contributed by atoms with E-state index in [1.165, 1.54) is 17.8 Å². The summed E-state index contributed by atoms with van der Waals surface area (Å²) < 4.78 is 31.5. The van der Waals surface area contributed by atoms with Gasteiger partial charge in [0.25, 0.3) is 0 Å². The number of halogens is 2. The monoisotopic (exact) mass is 446 g/mol. The Balaban J connectivity index is 1.55. The van der Waals surface area contributed by atoms with Crippen molar-refractivity contribution >= 4 is 17.7 Å². The number of aryl methyl sites for hydroxylation is 1. The molecule has 0 aliphatic carbocycles. The number of thioether (sulfide) groups is 1. The van der Waals surface area contributed by atoms with Crippen molar-refractivity contribution in [2.75, 3.05) is 12.3 Å². The van der Waals surface area contributed by atoms with Gasteiger partial charge in [-0.25, -0.2) is 0 Å². The molecule has 31 heavy (non-hydrogen) atoms. The lowest BCUT2D eigenvalue weighted by molar-refractivity contribution is -0.118. The van der Waals surface area contributed by atoms with Gasteiger partial charge in [-0.15, -0.1) is 10.2 Å². The van der Waals surface area contributed by atoms with E-state index >= 15 is 0 Å². The highest BCUT2D eigenvalue weighted by molar-refractivity contribution is 7.99. The maximum Gasteiger partial charge on any atom is 0.387 e. The van der Waals surface area contributed by atoms with Crippen LogP contribution in [0.5, 0.6) is 5.75 Å². The number of carbonyl (C=O) groups is 1. The predicted molar refractivity (Wildman–Crippen MR) is 116 cm³/mol. The fourth-order valence-electron chi connectivity index (χ4n) is 3.14. The Hall–Kier alpha value is -2.94. The highest BCUT2D eigenvalue weighted by Crippen LogP contribution is 2.26. The average molecular weight is 447 g/mol. The van der Waals surface area contributed by atoms with E-state index in [0.717, 1.165) is 17.0 Å². The second-order valence-corrected chi connectivity index (χ2v) is 7.68. The van der Waals surface area contributed by atoms with E-state index in [9.17, 15) is 13.6 Å². The Morgan fingerprint density at radius 2 is 1.90 bits per heavy atom. The summed E-state index contributed by atoms with van der Waals surface area (Å²) in [6.45, 7) is 2.15. The molecule has 0 fully saturated rings. The van der Waals surface area contributed by atoms with Crippen LogP contribution in [-0.4, -0.2) is 39.6 Å². The molecule has 1 aromatic heterocycles. The first-order valence-electron chi connectivity index (χ1n) is 9.91. The van der Waals surface area contributed by atoms with Crippen LogP contribution in [0.25, 0.3) is 11.4 Å². The van der Waals surface area contributed by atoms with E-state index in [-0.39, 0.29) is 17.4 Å². The number of rotatable bonds is 10. The van der Waals surface area contributed by atoms with Crippen molar-refractivity contribution in [1.29, 1.82) is 0 Å². The minimum absolute atomic E-state index is 0.126. The summed E-state index contributed by atoms with van der Waals surface area (Å²) in [4.78, 5) is 12.3. The second kappa shape index (κ2) is 10.9. The number of benzene rings is 2. The molecule has 0 unspecified atom stereocenters. The largest absolute Gasteiger partial charge is 0.435 e. The van der Waals surface area contributed by atoms with Gasteiger partial charge in [0.05, 0.1) is 5.75 Å². The molecule has 164 valence electrons. The maximum atomic E-state index is 12.5. The average Bonchev–Trinajstić information content (AvgIpc) is 3.16. The van der Waals surface area contributed by atoms with Gasteiger partial charge in [0.15, 0.2) is 11.0 Å². The van der Waals surface area contributed by atoms with E-state index in [1.807, 2.05) is 42.7 Å². The van der Waals surface area contributed by atoms with Gasteiger partial charge in [0.1, 0.15) is 5.75 Å². The van der Waals surface area contributed by atoms with Crippen molar-refractivity contribution in [2.45, 2.75) is 38.6 Å².